The molecule has 0 saturated carbocycles. The lowest BCUT2D eigenvalue weighted by molar-refractivity contribution is 0.407. The molecule has 0 radical (unpaired) electrons. The third kappa shape index (κ3) is 4.20. The molecule has 1 aromatic carbocycles. The lowest BCUT2D eigenvalue weighted by Crippen LogP contribution is -2.22. The summed E-state index contributed by atoms with van der Waals surface area (Å²) in [4.78, 5) is 0. The number of nitrogens with two attached hydrogens (primary N) is 2. The van der Waals surface area contributed by atoms with Crippen LogP contribution in [0.25, 0.3) is 0 Å². The number of methoxy groups -OCH3 is 1. The highest BCUT2D eigenvalue weighted by molar-refractivity contribution is 6.01. The molecule has 17 heavy (non-hydrogen) atoms. The van der Waals surface area contributed by atoms with E-state index in [1.54, 1.807) is 19.1 Å². The van der Waals surface area contributed by atoms with E-state index in [1.165, 1.54) is 13.2 Å². The van der Waals surface area contributed by atoms with E-state index in [1.807, 2.05) is 0 Å². The highest BCUT2D eigenvalue weighted by atomic mass is 35.5. The van der Waals surface area contributed by atoms with Crippen LogP contribution in [0.2, 0.25) is 0 Å². The number of nitrogens with zero attached hydrogens (tertiary/aromatic N) is 2. The van der Waals surface area contributed by atoms with Crippen LogP contribution in [0, 0.1) is 0 Å². The lowest BCUT2D eigenvalue weighted by atomic mass is 10.1. The number of ether oxygens (including phenoxy) is 1. The van der Waals surface area contributed by atoms with E-state index >= 15 is 0 Å². The summed E-state index contributed by atoms with van der Waals surface area (Å²) in [6.45, 7) is 1.69. The fourth-order valence-corrected chi connectivity index (χ4v) is 1.13. The Morgan fingerprint density at radius 2 is 1.94 bits per heavy atom. The van der Waals surface area contributed by atoms with Crippen molar-refractivity contribution in [3.63, 3.8) is 0 Å². The molecular formula is C10H15ClN4O2. The maximum absolute atomic E-state index is 9.69. The van der Waals surface area contributed by atoms with Crippen LogP contribution in [-0.4, -0.2) is 23.9 Å². The fraction of sp³-hybridized carbons (Fsp3) is 0.200. The van der Waals surface area contributed by atoms with Gasteiger partial charge >= 0.3 is 0 Å². The molecular weight excluding hydrogens is 244 g/mol. The summed E-state index contributed by atoms with van der Waals surface area (Å²) in [5, 5.41) is 17.0. The molecule has 0 unspecified atom stereocenters. The summed E-state index contributed by atoms with van der Waals surface area (Å²) >= 11 is 0. The van der Waals surface area contributed by atoms with Gasteiger partial charge in [0, 0.05) is 11.6 Å². The Labute approximate surface area is 105 Å². The average Bonchev–Trinajstić information content (AvgIpc) is 2.25. The van der Waals surface area contributed by atoms with Gasteiger partial charge in [-0.1, -0.05) is 0 Å². The van der Waals surface area contributed by atoms with Crippen molar-refractivity contribution in [2.45, 2.75) is 6.92 Å². The summed E-state index contributed by atoms with van der Waals surface area (Å²) in [5.41, 5.74) is 11.3. The summed E-state index contributed by atoms with van der Waals surface area (Å²) < 4.78 is 4.96. The van der Waals surface area contributed by atoms with Gasteiger partial charge in [-0.3, -0.25) is 0 Å². The number of guanidine groups is 1. The second-order valence-corrected chi connectivity index (χ2v) is 3.09. The number of phenols is 1. The van der Waals surface area contributed by atoms with Gasteiger partial charge in [-0.2, -0.15) is 5.10 Å². The molecule has 1 aromatic rings. The maximum Gasteiger partial charge on any atom is 0.211 e. The van der Waals surface area contributed by atoms with Crippen LogP contribution in [0.5, 0.6) is 11.5 Å². The van der Waals surface area contributed by atoms with Gasteiger partial charge in [0.2, 0.25) is 5.96 Å². The van der Waals surface area contributed by atoms with Gasteiger partial charge in [0.1, 0.15) is 11.5 Å². The monoisotopic (exact) mass is 258 g/mol. The molecule has 0 aliphatic heterocycles. The molecule has 0 amide bonds. The quantitative estimate of drug-likeness (QED) is 0.424. The molecule has 0 fully saturated rings. The Morgan fingerprint density at radius 1 is 1.29 bits per heavy atom. The minimum atomic E-state index is -0.132. The molecule has 6 nitrogen and oxygen atoms in total. The molecule has 94 valence electrons. The average molecular weight is 259 g/mol. The van der Waals surface area contributed by atoms with E-state index in [9.17, 15) is 5.11 Å². The van der Waals surface area contributed by atoms with Gasteiger partial charge in [0.25, 0.3) is 0 Å². The van der Waals surface area contributed by atoms with Crippen LogP contribution >= 0.6 is 12.4 Å². The van der Waals surface area contributed by atoms with Gasteiger partial charge < -0.3 is 21.3 Å². The Morgan fingerprint density at radius 3 is 2.41 bits per heavy atom. The molecule has 0 spiro atoms. The standard InChI is InChI=1S/C10H14N4O2.ClH/c1-6(13-14-10(11)12)8-4-3-7(16-2)5-9(8)15;/h3-5,15H,1-2H3,(H4,11,12,14);1H. The van der Waals surface area contributed by atoms with E-state index in [2.05, 4.69) is 10.2 Å². The van der Waals surface area contributed by atoms with E-state index in [0.717, 1.165) is 0 Å². The largest absolute Gasteiger partial charge is 0.507 e. The van der Waals surface area contributed by atoms with E-state index in [0.29, 0.717) is 17.0 Å². The van der Waals surface area contributed by atoms with Crippen molar-refractivity contribution in [3.8, 4) is 11.5 Å². The zero-order valence-corrected chi connectivity index (χ0v) is 10.4. The van der Waals surface area contributed by atoms with Gasteiger partial charge in [-0.05, 0) is 19.1 Å². The van der Waals surface area contributed by atoms with Crippen molar-refractivity contribution in [1.82, 2.24) is 0 Å². The number of phenolic OH excluding ortho intramolecular Hbond substituents is 1. The van der Waals surface area contributed by atoms with E-state index < -0.39 is 0 Å². The predicted molar refractivity (Wildman–Crippen MR) is 69.9 cm³/mol. The zero-order valence-electron chi connectivity index (χ0n) is 9.54. The second-order valence-electron chi connectivity index (χ2n) is 3.09. The molecule has 0 bridgehead atoms. The minimum Gasteiger partial charge on any atom is -0.507 e. The van der Waals surface area contributed by atoms with Crippen LogP contribution in [0.1, 0.15) is 12.5 Å². The SMILES string of the molecule is COc1ccc(C(C)=NN=C(N)N)c(O)c1.Cl. The molecule has 5 N–H and O–H groups in total. The van der Waals surface area contributed by atoms with Crippen molar-refractivity contribution in [3.05, 3.63) is 23.8 Å². The third-order valence-corrected chi connectivity index (χ3v) is 1.91. The van der Waals surface area contributed by atoms with Crippen molar-refractivity contribution >= 4 is 24.1 Å². The van der Waals surface area contributed by atoms with Crippen molar-refractivity contribution < 1.29 is 9.84 Å². The Balaban J connectivity index is 0.00000256. The molecule has 1 rings (SSSR count). The van der Waals surface area contributed by atoms with Crippen molar-refractivity contribution in [1.29, 1.82) is 0 Å². The van der Waals surface area contributed by atoms with Crippen molar-refractivity contribution in [2.24, 2.45) is 21.7 Å². The number of hydrogen-bond acceptors (Lipinski definition) is 4. The predicted octanol–water partition coefficient (Wildman–Crippen LogP) is 0.820. The Kier molecular flexibility index (Phi) is 5.84. The number of hydrogen-bond donors (Lipinski definition) is 3. The van der Waals surface area contributed by atoms with Crippen molar-refractivity contribution in [2.75, 3.05) is 7.11 Å². The third-order valence-electron chi connectivity index (χ3n) is 1.91. The summed E-state index contributed by atoms with van der Waals surface area (Å²) in [6, 6.07) is 4.88. The van der Waals surface area contributed by atoms with Crippen LogP contribution in [0.4, 0.5) is 0 Å². The first-order chi connectivity index (χ1) is 7.54. The molecule has 0 atom stereocenters. The first-order valence-corrected chi connectivity index (χ1v) is 4.55. The minimum absolute atomic E-state index is 0. The van der Waals surface area contributed by atoms with Crippen LogP contribution in [-0.2, 0) is 0 Å². The molecule has 0 heterocycles. The van der Waals surface area contributed by atoms with Gasteiger partial charge in [0.05, 0.1) is 12.8 Å². The van der Waals surface area contributed by atoms with Crippen LogP contribution in [0.3, 0.4) is 0 Å². The number of benzene rings is 1. The maximum atomic E-state index is 9.69. The first-order valence-electron chi connectivity index (χ1n) is 4.55. The van der Waals surface area contributed by atoms with E-state index in [-0.39, 0.29) is 24.1 Å². The summed E-state index contributed by atoms with van der Waals surface area (Å²) in [7, 11) is 1.52. The molecule has 0 aromatic heterocycles. The van der Waals surface area contributed by atoms with Crippen LogP contribution < -0.4 is 16.2 Å². The first kappa shape index (κ1) is 15.0. The van der Waals surface area contributed by atoms with Gasteiger partial charge in [-0.15, -0.1) is 17.5 Å². The summed E-state index contributed by atoms with van der Waals surface area (Å²) in [6.07, 6.45) is 0. The Bertz CT molecular complexity index is 442. The number of rotatable bonds is 3. The fourth-order valence-electron chi connectivity index (χ4n) is 1.13. The smallest absolute Gasteiger partial charge is 0.211 e. The molecule has 0 aliphatic carbocycles. The normalized spacial score (nSPS) is 10.4. The summed E-state index contributed by atoms with van der Waals surface area (Å²) in [5.74, 6) is 0.495. The number of aromatic hydroxyl groups is 1. The van der Waals surface area contributed by atoms with Crippen LogP contribution in [0.15, 0.2) is 28.4 Å². The second kappa shape index (κ2) is 6.59. The Hall–Kier alpha value is -1.95. The van der Waals surface area contributed by atoms with Gasteiger partial charge in [0.15, 0.2) is 0 Å². The zero-order chi connectivity index (χ0) is 12.1. The van der Waals surface area contributed by atoms with E-state index in [4.69, 9.17) is 16.2 Å². The highest BCUT2D eigenvalue weighted by Crippen LogP contribution is 2.23. The van der Waals surface area contributed by atoms with Gasteiger partial charge in [-0.25, -0.2) is 0 Å². The number of halogens is 1. The molecule has 0 saturated heterocycles. The molecule has 7 heteroatoms. The molecule has 0 aliphatic rings. The lowest BCUT2D eigenvalue weighted by Gasteiger charge is -2.05. The topological polar surface area (TPSA) is 106 Å². The highest BCUT2D eigenvalue weighted by Gasteiger charge is 2.05.